The van der Waals surface area contributed by atoms with Gasteiger partial charge in [-0.15, -0.1) is 5.10 Å². The molecule has 0 bridgehead atoms. The van der Waals surface area contributed by atoms with Gasteiger partial charge >= 0.3 is 6.18 Å². The standard InChI is InChI=1S/C20H14F4N4/c21-16-8-11(9-17-26-19(25)28-27-17)7-15(20(22,23)24)18(16)14-6-5-12-3-1-2-4-13(12)10-14/h1-8,10H,9H2,(H3,25,26,27,28). The molecule has 0 amide bonds. The Morgan fingerprint density at radius 2 is 1.71 bits per heavy atom. The Labute approximate surface area is 157 Å². The molecule has 0 radical (unpaired) electrons. The van der Waals surface area contributed by atoms with Crippen molar-refractivity contribution in [2.75, 3.05) is 5.73 Å². The van der Waals surface area contributed by atoms with Crippen LogP contribution in [-0.2, 0) is 12.6 Å². The van der Waals surface area contributed by atoms with Crippen LogP contribution in [0.1, 0.15) is 17.0 Å². The average molecular weight is 386 g/mol. The second-order valence-corrected chi connectivity index (χ2v) is 6.38. The number of nitrogen functional groups attached to an aromatic ring is 1. The van der Waals surface area contributed by atoms with Crippen LogP contribution in [-0.4, -0.2) is 15.2 Å². The van der Waals surface area contributed by atoms with E-state index in [9.17, 15) is 17.6 Å². The van der Waals surface area contributed by atoms with E-state index in [0.29, 0.717) is 0 Å². The summed E-state index contributed by atoms with van der Waals surface area (Å²) in [6.07, 6.45) is -4.78. The first-order chi connectivity index (χ1) is 13.3. The van der Waals surface area contributed by atoms with Crippen molar-refractivity contribution in [3.63, 3.8) is 0 Å². The molecule has 0 fully saturated rings. The molecule has 142 valence electrons. The summed E-state index contributed by atoms with van der Waals surface area (Å²) in [4.78, 5) is 3.85. The number of alkyl halides is 3. The van der Waals surface area contributed by atoms with Gasteiger partial charge in [0.25, 0.3) is 0 Å². The summed E-state index contributed by atoms with van der Waals surface area (Å²) in [5, 5.41) is 7.73. The molecule has 0 spiro atoms. The molecule has 0 unspecified atom stereocenters. The molecule has 0 saturated heterocycles. The van der Waals surface area contributed by atoms with Crippen LogP contribution in [0.25, 0.3) is 21.9 Å². The minimum atomic E-state index is -4.72. The molecule has 0 saturated carbocycles. The summed E-state index contributed by atoms with van der Waals surface area (Å²) in [5.74, 6) is -0.727. The third-order valence-corrected chi connectivity index (χ3v) is 4.41. The van der Waals surface area contributed by atoms with Crippen molar-refractivity contribution < 1.29 is 17.6 Å². The van der Waals surface area contributed by atoms with Crippen molar-refractivity contribution in [3.8, 4) is 11.1 Å². The molecule has 3 aromatic carbocycles. The zero-order valence-electron chi connectivity index (χ0n) is 14.4. The average Bonchev–Trinajstić information content (AvgIpc) is 3.05. The Balaban J connectivity index is 1.85. The lowest BCUT2D eigenvalue weighted by molar-refractivity contribution is -0.137. The van der Waals surface area contributed by atoms with Crippen LogP contribution in [0.4, 0.5) is 23.5 Å². The highest BCUT2D eigenvalue weighted by Crippen LogP contribution is 2.40. The fraction of sp³-hybridized carbons (Fsp3) is 0.100. The topological polar surface area (TPSA) is 67.6 Å². The Morgan fingerprint density at radius 3 is 2.39 bits per heavy atom. The first-order valence-electron chi connectivity index (χ1n) is 8.37. The molecule has 3 N–H and O–H groups in total. The number of H-pyrrole nitrogens is 1. The molecule has 0 aliphatic heterocycles. The second kappa shape index (κ2) is 6.63. The van der Waals surface area contributed by atoms with Crippen LogP contribution in [0.2, 0.25) is 0 Å². The molecular weight excluding hydrogens is 372 g/mol. The van der Waals surface area contributed by atoms with E-state index in [1.54, 1.807) is 24.3 Å². The molecule has 1 heterocycles. The van der Waals surface area contributed by atoms with Gasteiger partial charge in [-0.3, -0.25) is 5.10 Å². The number of aromatic amines is 1. The number of anilines is 1. The fourth-order valence-corrected chi connectivity index (χ4v) is 3.21. The van der Waals surface area contributed by atoms with Crippen LogP contribution >= 0.6 is 0 Å². The van der Waals surface area contributed by atoms with Gasteiger partial charge in [0.05, 0.1) is 5.56 Å². The maximum atomic E-state index is 14.9. The van der Waals surface area contributed by atoms with Gasteiger partial charge in [0, 0.05) is 12.0 Å². The monoisotopic (exact) mass is 386 g/mol. The number of nitrogens with one attached hydrogen (secondary N) is 1. The normalized spacial score (nSPS) is 11.9. The van der Waals surface area contributed by atoms with Gasteiger partial charge in [0.15, 0.2) is 0 Å². The number of hydrogen-bond acceptors (Lipinski definition) is 3. The van der Waals surface area contributed by atoms with E-state index < -0.39 is 23.1 Å². The van der Waals surface area contributed by atoms with Crippen molar-refractivity contribution in [2.24, 2.45) is 0 Å². The number of rotatable bonds is 3. The molecule has 28 heavy (non-hydrogen) atoms. The summed E-state index contributed by atoms with van der Waals surface area (Å²) < 4.78 is 56.0. The minimum absolute atomic E-state index is 0.0284. The van der Waals surface area contributed by atoms with Crippen molar-refractivity contribution in [1.29, 1.82) is 0 Å². The number of hydrogen-bond donors (Lipinski definition) is 2. The van der Waals surface area contributed by atoms with Crippen LogP contribution in [0.5, 0.6) is 0 Å². The molecule has 4 rings (SSSR count). The summed E-state index contributed by atoms with van der Waals surface area (Å²) in [6, 6.07) is 14.0. The third kappa shape index (κ3) is 3.40. The maximum absolute atomic E-state index is 14.9. The molecule has 1 aromatic heterocycles. The molecule has 0 aliphatic carbocycles. The van der Waals surface area contributed by atoms with Crippen LogP contribution in [0, 0.1) is 5.82 Å². The molecule has 8 heteroatoms. The van der Waals surface area contributed by atoms with E-state index in [1.807, 2.05) is 12.1 Å². The number of nitrogens with zero attached hydrogens (tertiary/aromatic N) is 2. The molecule has 0 aliphatic rings. The quantitative estimate of drug-likeness (QED) is 0.489. The number of fused-ring (bicyclic) bond motifs is 1. The minimum Gasteiger partial charge on any atom is -0.367 e. The Bertz CT molecular complexity index is 1160. The number of nitrogens with two attached hydrogens (primary N) is 1. The van der Waals surface area contributed by atoms with Gasteiger partial charge in [-0.2, -0.15) is 18.2 Å². The molecule has 4 nitrogen and oxygen atoms in total. The van der Waals surface area contributed by atoms with Gasteiger partial charge in [-0.05, 0) is 40.1 Å². The van der Waals surface area contributed by atoms with E-state index in [0.717, 1.165) is 22.9 Å². The molecule has 0 atom stereocenters. The van der Waals surface area contributed by atoms with Crippen molar-refractivity contribution in [2.45, 2.75) is 12.6 Å². The maximum Gasteiger partial charge on any atom is 0.417 e. The lowest BCUT2D eigenvalue weighted by atomic mass is 9.94. The first-order valence-corrected chi connectivity index (χ1v) is 8.37. The van der Waals surface area contributed by atoms with Gasteiger partial charge in [0.2, 0.25) is 5.95 Å². The Morgan fingerprint density at radius 1 is 0.964 bits per heavy atom. The summed E-state index contributed by atoms with van der Waals surface area (Å²) in [7, 11) is 0. The molecular formula is C20H14F4N4. The zero-order valence-corrected chi connectivity index (χ0v) is 14.4. The van der Waals surface area contributed by atoms with Crippen LogP contribution in [0.15, 0.2) is 54.6 Å². The van der Waals surface area contributed by atoms with E-state index in [1.165, 1.54) is 6.07 Å². The number of aromatic nitrogens is 3. The van der Waals surface area contributed by atoms with Gasteiger partial charge < -0.3 is 5.73 Å². The Hall–Kier alpha value is -3.42. The number of benzene rings is 3. The van der Waals surface area contributed by atoms with E-state index in [-0.39, 0.29) is 29.3 Å². The van der Waals surface area contributed by atoms with Crippen molar-refractivity contribution in [3.05, 3.63) is 77.4 Å². The predicted octanol–water partition coefficient (Wildman–Crippen LogP) is 4.96. The number of halogens is 4. The summed E-state index contributed by atoms with van der Waals surface area (Å²) >= 11 is 0. The second-order valence-electron chi connectivity index (χ2n) is 6.38. The predicted molar refractivity (Wildman–Crippen MR) is 97.9 cm³/mol. The van der Waals surface area contributed by atoms with Gasteiger partial charge in [-0.25, -0.2) is 4.39 Å². The lowest BCUT2D eigenvalue weighted by Gasteiger charge is -2.16. The summed E-state index contributed by atoms with van der Waals surface area (Å²) in [5.41, 5.74) is 4.17. The highest BCUT2D eigenvalue weighted by Gasteiger charge is 2.35. The summed E-state index contributed by atoms with van der Waals surface area (Å²) in [6.45, 7) is 0. The van der Waals surface area contributed by atoms with Gasteiger partial charge in [0.1, 0.15) is 11.6 Å². The fourth-order valence-electron chi connectivity index (χ4n) is 3.21. The first kappa shape index (κ1) is 18.0. The van der Waals surface area contributed by atoms with Gasteiger partial charge in [-0.1, -0.05) is 36.4 Å². The van der Waals surface area contributed by atoms with E-state index >= 15 is 0 Å². The van der Waals surface area contributed by atoms with Crippen molar-refractivity contribution >= 4 is 16.7 Å². The molecule has 4 aromatic rings. The third-order valence-electron chi connectivity index (χ3n) is 4.41. The lowest BCUT2D eigenvalue weighted by Crippen LogP contribution is -2.10. The van der Waals surface area contributed by atoms with Crippen molar-refractivity contribution in [1.82, 2.24) is 15.2 Å². The highest BCUT2D eigenvalue weighted by atomic mass is 19.4. The highest BCUT2D eigenvalue weighted by molar-refractivity contribution is 5.88. The van der Waals surface area contributed by atoms with Crippen LogP contribution < -0.4 is 5.73 Å². The SMILES string of the molecule is Nc1n[nH]c(Cc2cc(F)c(-c3ccc4ccccc4c3)c(C(F)(F)F)c2)n1. The largest absolute Gasteiger partial charge is 0.417 e. The van der Waals surface area contributed by atoms with E-state index in [2.05, 4.69) is 15.2 Å². The van der Waals surface area contributed by atoms with E-state index in [4.69, 9.17) is 5.73 Å². The zero-order chi connectivity index (χ0) is 19.9. The Kier molecular flexibility index (Phi) is 4.26. The van der Waals surface area contributed by atoms with Crippen LogP contribution in [0.3, 0.4) is 0 Å². The smallest absolute Gasteiger partial charge is 0.367 e.